The van der Waals surface area contributed by atoms with Gasteiger partial charge < -0.3 is 10.5 Å². The van der Waals surface area contributed by atoms with Crippen molar-refractivity contribution in [2.24, 2.45) is 11.6 Å². The van der Waals surface area contributed by atoms with Crippen molar-refractivity contribution in [1.82, 2.24) is 5.43 Å². The predicted molar refractivity (Wildman–Crippen MR) is 30.6 cm³/mol. The largest absolute Gasteiger partial charge is 0.428 e. The van der Waals surface area contributed by atoms with Crippen molar-refractivity contribution in [3.8, 4) is 0 Å². The smallest absolute Gasteiger partial charge is 0.382 e. The molecule has 0 aromatic rings. The molecule has 0 aromatic heterocycles. The van der Waals surface area contributed by atoms with E-state index in [2.05, 4.69) is 22.8 Å². The first kappa shape index (κ1) is 7.12. The Kier molecular flexibility index (Phi) is 2.82. The van der Waals surface area contributed by atoms with Crippen LogP contribution in [-0.4, -0.2) is 11.3 Å². The first-order chi connectivity index (χ1) is 3.66. The third-order valence-electron chi connectivity index (χ3n) is 0.311. The zero-order valence-electron chi connectivity index (χ0n) is 3.88. The molecule has 0 saturated heterocycles. The maximum Gasteiger partial charge on any atom is 0.428 e. The Bertz CT molecular complexity index is 114. The summed E-state index contributed by atoms with van der Waals surface area (Å²) in [5.74, 6) is 4.58. The molecule has 0 aliphatic rings. The van der Waals surface area contributed by atoms with Crippen LogP contribution in [0.1, 0.15) is 0 Å². The highest BCUT2D eigenvalue weighted by molar-refractivity contribution is 7.80. The van der Waals surface area contributed by atoms with Crippen LogP contribution in [0, 0.1) is 0 Å². The number of rotatable bonds is 0. The Morgan fingerprint density at radius 1 is 1.75 bits per heavy atom. The Balaban J connectivity index is 3.40. The number of nitrogens with two attached hydrogens (primary N) is 2. The van der Waals surface area contributed by atoms with Gasteiger partial charge in [0.15, 0.2) is 0 Å². The maximum atomic E-state index is 10.00. The molecule has 0 aromatic carbocycles. The lowest BCUT2D eigenvalue weighted by atomic mass is 11.2. The minimum absolute atomic E-state index is 0.354. The summed E-state index contributed by atoms with van der Waals surface area (Å²) in [4.78, 5) is 10.00. The number of hydrazine groups is 1. The van der Waals surface area contributed by atoms with Crippen molar-refractivity contribution in [2.45, 2.75) is 0 Å². The molecular formula is C2H5N3O2S. The van der Waals surface area contributed by atoms with Crippen LogP contribution < -0.4 is 17.0 Å². The van der Waals surface area contributed by atoms with Gasteiger partial charge in [0.2, 0.25) is 0 Å². The third-order valence-corrected chi connectivity index (χ3v) is 0.394. The molecule has 0 bridgehead atoms. The lowest BCUT2D eigenvalue weighted by Crippen LogP contribution is -2.33. The van der Waals surface area contributed by atoms with Gasteiger partial charge in [-0.05, 0) is 12.2 Å². The first-order valence-corrected chi connectivity index (χ1v) is 2.05. The fraction of sp³-hybridized carbons (Fsp3) is 0. The number of thiocarbonyl (C=S) groups is 1. The van der Waals surface area contributed by atoms with Gasteiger partial charge in [0.1, 0.15) is 0 Å². The van der Waals surface area contributed by atoms with Gasteiger partial charge in [-0.15, -0.1) is 0 Å². The monoisotopic (exact) mass is 135 g/mol. The highest BCUT2D eigenvalue weighted by atomic mass is 32.1. The number of amides is 1. The second-order valence-corrected chi connectivity index (χ2v) is 1.26. The topological polar surface area (TPSA) is 90.4 Å². The van der Waals surface area contributed by atoms with Crippen LogP contribution in [0.2, 0.25) is 0 Å². The van der Waals surface area contributed by atoms with Crippen molar-refractivity contribution in [1.29, 1.82) is 0 Å². The van der Waals surface area contributed by atoms with Gasteiger partial charge in [0.05, 0.1) is 0 Å². The summed E-state index contributed by atoms with van der Waals surface area (Å²) < 4.78 is 4.03. The van der Waals surface area contributed by atoms with Crippen LogP contribution in [0.5, 0.6) is 0 Å². The van der Waals surface area contributed by atoms with Crippen LogP contribution in [0.4, 0.5) is 4.79 Å². The molecule has 0 fully saturated rings. The van der Waals surface area contributed by atoms with Gasteiger partial charge in [0, 0.05) is 0 Å². The van der Waals surface area contributed by atoms with Crippen LogP contribution in [-0.2, 0) is 4.74 Å². The highest BCUT2D eigenvalue weighted by Gasteiger charge is 1.96. The maximum absolute atomic E-state index is 10.00. The lowest BCUT2D eigenvalue weighted by Gasteiger charge is -1.96. The van der Waals surface area contributed by atoms with E-state index in [1.54, 1.807) is 5.43 Å². The lowest BCUT2D eigenvalue weighted by molar-refractivity contribution is 0.198. The van der Waals surface area contributed by atoms with E-state index in [4.69, 9.17) is 5.73 Å². The van der Waals surface area contributed by atoms with Gasteiger partial charge in [-0.2, -0.15) is 0 Å². The van der Waals surface area contributed by atoms with Crippen LogP contribution in [0.25, 0.3) is 0 Å². The average molecular weight is 135 g/mol. The number of carbonyl (C=O) groups is 1. The number of hydrogen-bond donors (Lipinski definition) is 3. The van der Waals surface area contributed by atoms with Crippen LogP contribution in [0.3, 0.4) is 0 Å². The van der Waals surface area contributed by atoms with Gasteiger partial charge >= 0.3 is 6.09 Å². The Labute approximate surface area is 50.9 Å². The van der Waals surface area contributed by atoms with Gasteiger partial charge in [-0.3, -0.25) is 5.43 Å². The highest BCUT2D eigenvalue weighted by Crippen LogP contribution is 1.71. The minimum Gasteiger partial charge on any atom is -0.382 e. The molecule has 0 unspecified atom stereocenters. The van der Waals surface area contributed by atoms with E-state index in [-0.39, 0.29) is 5.17 Å². The molecule has 0 rings (SSSR count). The van der Waals surface area contributed by atoms with E-state index in [9.17, 15) is 4.79 Å². The van der Waals surface area contributed by atoms with E-state index in [0.717, 1.165) is 0 Å². The molecule has 5 nitrogen and oxygen atoms in total. The summed E-state index contributed by atoms with van der Waals surface area (Å²) in [6.07, 6.45) is -0.863. The normalized spacial score (nSPS) is 7.62. The van der Waals surface area contributed by atoms with E-state index in [1.165, 1.54) is 0 Å². The van der Waals surface area contributed by atoms with Crippen molar-refractivity contribution in [2.75, 3.05) is 0 Å². The molecular weight excluding hydrogens is 130 g/mol. The fourth-order valence-electron chi connectivity index (χ4n) is 0.121. The van der Waals surface area contributed by atoms with Gasteiger partial charge in [-0.1, -0.05) is 0 Å². The summed E-state index contributed by atoms with van der Waals surface area (Å²) in [7, 11) is 0. The molecule has 0 radical (unpaired) electrons. The number of nitrogens with one attached hydrogen (secondary N) is 1. The van der Waals surface area contributed by atoms with Crippen molar-refractivity contribution in [3.63, 3.8) is 0 Å². The first-order valence-electron chi connectivity index (χ1n) is 1.64. The van der Waals surface area contributed by atoms with Crippen molar-refractivity contribution in [3.05, 3.63) is 0 Å². The van der Waals surface area contributed by atoms with Gasteiger partial charge in [0.25, 0.3) is 5.17 Å². The van der Waals surface area contributed by atoms with Crippen molar-refractivity contribution < 1.29 is 9.53 Å². The minimum atomic E-state index is -0.863. The molecule has 8 heavy (non-hydrogen) atoms. The van der Waals surface area contributed by atoms with E-state index in [1.807, 2.05) is 0 Å². The Morgan fingerprint density at radius 2 is 2.25 bits per heavy atom. The molecule has 0 atom stereocenters. The fourth-order valence-corrected chi connectivity index (χ4v) is 0.197. The van der Waals surface area contributed by atoms with Crippen LogP contribution >= 0.6 is 12.2 Å². The zero-order chi connectivity index (χ0) is 6.57. The Hall–Kier alpha value is -0.880. The number of ether oxygens (including phenoxy) is 1. The number of carbonyl (C=O) groups excluding carboxylic acids is 1. The second kappa shape index (κ2) is 3.16. The summed E-state index contributed by atoms with van der Waals surface area (Å²) in [6, 6.07) is 0. The SMILES string of the molecule is NNC(=O)OC(N)=S. The molecule has 1 amide bonds. The standard InChI is InChI=1S/C2H5N3O2S/c3-1(8)7-2(6)5-4/h4H2,(H2,3,8)(H,5,6). The Morgan fingerprint density at radius 3 is 2.38 bits per heavy atom. The molecule has 5 N–H and O–H groups in total. The van der Waals surface area contributed by atoms with E-state index >= 15 is 0 Å². The zero-order valence-corrected chi connectivity index (χ0v) is 4.70. The molecule has 0 saturated carbocycles. The molecule has 6 heteroatoms. The third kappa shape index (κ3) is 3.32. The van der Waals surface area contributed by atoms with Crippen LogP contribution in [0.15, 0.2) is 0 Å². The molecule has 0 aliphatic carbocycles. The molecule has 0 spiro atoms. The molecule has 46 valence electrons. The average Bonchev–Trinajstić information content (AvgIpc) is 1.65. The number of hydrogen-bond acceptors (Lipinski definition) is 4. The van der Waals surface area contributed by atoms with Gasteiger partial charge in [-0.25, -0.2) is 10.6 Å². The van der Waals surface area contributed by atoms with E-state index in [0.29, 0.717) is 0 Å². The van der Waals surface area contributed by atoms with Crippen molar-refractivity contribution >= 4 is 23.5 Å². The summed E-state index contributed by atoms with van der Waals surface area (Å²) >= 11 is 4.18. The van der Waals surface area contributed by atoms with E-state index < -0.39 is 6.09 Å². The second-order valence-electron chi connectivity index (χ2n) is 0.853. The summed E-state index contributed by atoms with van der Waals surface area (Å²) in [5.41, 5.74) is 6.43. The summed E-state index contributed by atoms with van der Waals surface area (Å²) in [5, 5.41) is -0.354. The summed E-state index contributed by atoms with van der Waals surface area (Å²) in [6.45, 7) is 0. The molecule has 0 heterocycles. The molecule has 0 aliphatic heterocycles. The predicted octanol–water partition coefficient (Wildman–Crippen LogP) is -1.17. The quantitative estimate of drug-likeness (QED) is 0.168.